The van der Waals surface area contributed by atoms with Crippen molar-refractivity contribution >= 4 is 0 Å². The lowest BCUT2D eigenvalue weighted by Crippen LogP contribution is -2.47. The molecule has 4 fully saturated rings. The number of rotatable bonds is 5. The summed E-state index contributed by atoms with van der Waals surface area (Å²) in [4.78, 5) is 2.38. The molecule has 1 spiro atoms. The summed E-state index contributed by atoms with van der Waals surface area (Å²) in [5.74, 6) is 0.195. The van der Waals surface area contributed by atoms with Crippen LogP contribution in [0.15, 0.2) is 109 Å². The van der Waals surface area contributed by atoms with Crippen molar-refractivity contribution < 1.29 is 26.3 Å². The zero-order valence-corrected chi connectivity index (χ0v) is 22.7. The summed E-state index contributed by atoms with van der Waals surface area (Å²) in [5, 5.41) is 0. The van der Waals surface area contributed by atoms with Crippen molar-refractivity contribution in [3.8, 4) is 0 Å². The van der Waals surface area contributed by atoms with Gasteiger partial charge in [-0.25, -0.2) is 0 Å². The predicted molar refractivity (Wildman–Crippen MR) is 148 cm³/mol. The van der Waals surface area contributed by atoms with Crippen LogP contribution in [0.3, 0.4) is 0 Å². The molecule has 1 saturated heterocycles. The van der Waals surface area contributed by atoms with E-state index in [1.807, 2.05) is 36.4 Å². The Balaban J connectivity index is 1.30. The standard InChI is InChI=1S/C35H29F6N/c36-34(37,38)27-15-11-23(12-16-27)19-42-20-29-30(24-13-17-28(18-14-24)35(39,40)41)32(26-9-5-2-6-10-26)21-33(29,22-32)31(42)25-7-3-1-4-8-25/h1-18,29-31H,19-22H2/t29-,30?,31-,32?,33?/m1/s1. The zero-order chi connectivity index (χ0) is 29.3. The molecule has 1 nitrogen and oxygen atoms in total. The fourth-order valence-electron chi connectivity index (χ4n) is 8.68. The van der Waals surface area contributed by atoms with Gasteiger partial charge in [-0.1, -0.05) is 84.9 Å². The molecule has 4 aromatic carbocycles. The Hall–Kier alpha value is -3.58. The Labute approximate surface area is 240 Å². The number of alkyl halides is 6. The van der Waals surface area contributed by atoms with Crippen LogP contribution in [0.1, 0.15) is 58.2 Å². The quantitative estimate of drug-likeness (QED) is 0.214. The van der Waals surface area contributed by atoms with Gasteiger partial charge in [0.1, 0.15) is 0 Å². The lowest BCUT2D eigenvalue weighted by molar-refractivity contribution is -0.138. The Bertz CT molecular complexity index is 1550. The topological polar surface area (TPSA) is 3.24 Å². The van der Waals surface area contributed by atoms with E-state index < -0.39 is 23.5 Å². The van der Waals surface area contributed by atoms with Crippen molar-refractivity contribution in [2.75, 3.05) is 6.54 Å². The molecular formula is C35H29F6N. The van der Waals surface area contributed by atoms with Crippen LogP contribution in [0.25, 0.3) is 0 Å². The molecule has 3 aliphatic carbocycles. The van der Waals surface area contributed by atoms with E-state index in [9.17, 15) is 26.3 Å². The van der Waals surface area contributed by atoms with E-state index in [2.05, 4.69) is 29.2 Å². The summed E-state index contributed by atoms with van der Waals surface area (Å²) in [5.41, 5.74) is 2.50. The van der Waals surface area contributed by atoms with Crippen molar-refractivity contribution in [3.05, 3.63) is 143 Å². The van der Waals surface area contributed by atoms with Gasteiger partial charge in [0, 0.05) is 24.5 Å². The fourth-order valence-corrected chi connectivity index (χ4v) is 8.68. The summed E-state index contributed by atoms with van der Waals surface area (Å²) in [6, 6.07) is 31.7. The highest BCUT2D eigenvalue weighted by atomic mass is 19.4. The average Bonchev–Trinajstić information content (AvgIpc) is 3.52. The second-order valence-corrected chi connectivity index (χ2v) is 12.3. The van der Waals surface area contributed by atoms with Crippen LogP contribution in [-0.4, -0.2) is 11.4 Å². The van der Waals surface area contributed by atoms with Gasteiger partial charge in [0.05, 0.1) is 11.1 Å². The molecule has 4 aliphatic rings. The van der Waals surface area contributed by atoms with Gasteiger partial charge in [0.25, 0.3) is 0 Å². The van der Waals surface area contributed by atoms with Gasteiger partial charge < -0.3 is 0 Å². The van der Waals surface area contributed by atoms with Crippen molar-refractivity contribution in [3.63, 3.8) is 0 Å². The van der Waals surface area contributed by atoms with Crippen molar-refractivity contribution in [1.29, 1.82) is 0 Å². The second-order valence-electron chi connectivity index (χ2n) is 12.3. The van der Waals surface area contributed by atoms with Crippen LogP contribution in [0.5, 0.6) is 0 Å². The minimum atomic E-state index is -4.40. The van der Waals surface area contributed by atoms with Crippen LogP contribution in [0, 0.1) is 11.3 Å². The molecule has 8 rings (SSSR count). The Morgan fingerprint density at radius 3 is 1.69 bits per heavy atom. The number of hydrogen-bond donors (Lipinski definition) is 0. The maximum absolute atomic E-state index is 13.5. The van der Waals surface area contributed by atoms with Gasteiger partial charge in [-0.3, -0.25) is 4.90 Å². The highest BCUT2D eigenvalue weighted by Crippen LogP contribution is 2.82. The molecule has 0 aromatic heterocycles. The lowest BCUT2D eigenvalue weighted by atomic mass is 9.52. The third-order valence-corrected chi connectivity index (χ3v) is 10.1. The van der Waals surface area contributed by atoms with Gasteiger partial charge in [-0.15, -0.1) is 0 Å². The Morgan fingerprint density at radius 1 is 0.619 bits per heavy atom. The van der Waals surface area contributed by atoms with Crippen molar-refractivity contribution in [2.24, 2.45) is 11.3 Å². The zero-order valence-electron chi connectivity index (χ0n) is 22.7. The molecule has 216 valence electrons. The molecule has 3 saturated carbocycles. The van der Waals surface area contributed by atoms with Crippen LogP contribution in [0.4, 0.5) is 26.3 Å². The number of hydrogen-bond acceptors (Lipinski definition) is 1. The molecule has 1 aliphatic heterocycles. The number of nitrogens with zero attached hydrogens (tertiary/aromatic N) is 1. The van der Waals surface area contributed by atoms with Gasteiger partial charge in [0.15, 0.2) is 0 Å². The van der Waals surface area contributed by atoms with E-state index >= 15 is 0 Å². The molecule has 0 amide bonds. The van der Waals surface area contributed by atoms with Crippen molar-refractivity contribution in [2.45, 2.75) is 49.1 Å². The predicted octanol–water partition coefficient (Wildman–Crippen LogP) is 9.41. The molecule has 1 unspecified atom stereocenters. The SMILES string of the molecule is FC(F)(F)c1ccc(CN2C[C@@H]3C(c4ccc(C(F)(F)F)cc4)C4(c5ccccc5)CC3(C4)[C@H]2c2ccccc2)cc1. The minimum absolute atomic E-state index is 0.0194. The van der Waals surface area contributed by atoms with Gasteiger partial charge in [0.2, 0.25) is 0 Å². The highest BCUT2D eigenvalue weighted by Gasteiger charge is 2.77. The van der Waals surface area contributed by atoms with E-state index in [1.54, 1.807) is 24.3 Å². The second kappa shape index (κ2) is 9.46. The maximum Gasteiger partial charge on any atom is 0.416 e. The van der Waals surface area contributed by atoms with E-state index in [-0.39, 0.29) is 28.7 Å². The smallest absolute Gasteiger partial charge is 0.291 e. The molecule has 42 heavy (non-hydrogen) atoms. The third kappa shape index (κ3) is 4.19. The third-order valence-electron chi connectivity index (χ3n) is 10.1. The minimum Gasteiger partial charge on any atom is -0.291 e. The highest BCUT2D eigenvalue weighted by molar-refractivity contribution is 5.49. The molecule has 4 aromatic rings. The summed E-state index contributed by atoms with van der Waals surface area (Å²) < 4.78 is 80.0. The first-order valence-electron chi connectivity index (χ1n) is 14.2. The summed E-state index contributed by atoms with van der Waals surface area (Å²) in [6.07, 6.45) is -6.98. The molecular weight excluding hydrogens is 548 g/mol. The maximum atomic E-state index is 13.5. The number of benzene rings is 4. The first kappa shape index (κ1) is 27.3. The number of likely N-dealkylation sites (tertiary alicyclic amines) is 1. The Kier molecular flexibility index (Phi) is 6.14. The van der Waals surface area contributed by atoms with Crippen LogP contribution in [0.2, 0.25) is 0 Å². The molecule has 0 radical (unpaired) electrons. The summed E-state index contributed by atoms with van der Waals surface area (Å²) in [7, 11) is 0. The monoisotopic (exact) mass is 577 g/mol. The van der Waals surface area contributed by atoms with Gasteiger partial charge in [-0.2, -0.15) is 26.3 Å². The lowest BCUT2D eigenvalue weighted by Gasteiger charge is -2.53. The molecule has 7 heteroatoms. The summed E-state index contributed by atoms with van der Waals surface area (Å²) >= 11 is 0. The fraction of sp³-hybridized carbons (Fsp3) is 0.314. The first-order valence-corrected chi connectivity index (χ1v) is 14.2. The Morgan fingerprint density at radius 2 is 1.14 bits per heavy atom. The van der Waals surface area contributed by atoms with E-state index in [4.69, 9.17) is 0 Å². The largest absolute Gasteiger partial charge is 0.416 e. The van der Waals surface area contributed by atoms with Gasteiger partial charge >= 0.3 is 12.4 Å². The normalized spacial score (nSPS) is 28.9. The molecule has 3 atom stereocenters. The van der Waals surface area contributed by atoms with E-state index in [0.717, 1.165) is 36.1 Å². The van der Waals surface area contributed by atoms with Crippen molar-refractivity contribution in [1.82, 2.24) is 4.90 Å². The molecule has 2 bridgehead atoms. The first-order chi connectivity index (χ1) is 20.0. The molecule has 0 N–H and O–H groups in total. The van der Waals surface area contributed by atoms with Gasteiger partial charge in [-0.05, 0) is 76.6 Å². The van der Waals surface area contributed by atoms with Crippen LogP contribution in [-0.2, 0) is 24.3 Å². The van der Waals surface area contributed by atoms with E-state index in [0.29, 0.717) is 13.1 Å². The van der Waals surface area contributed by atoms with Crippen LogP contribution >= 0.6 is 0 Å². The average molecular weight is 578 g/mol. The van der Waals surface area contributed by atoms with Crippen LogP contribution < -0.4 is 0 Å². The number of halogens is 6. The molecule has 1 heterocycles. The van der Waals surface area contributed by atoms with E-state index in [1.165, 1.54) is 23.3 Å². The summed E-state index contributed by atoms with van der Waals surface area (Å²) in [6.45, 7) is 1.20.